The molecule has 0 aromatic carbocycles. The lowest BCUT2D eigenvalue weighted by Gasteiger charge is -1.98. The van der Waals surface area contributed by atoms with Crippen LogP contribution in [0.2, 0.25) is 0 Å². The Morgan fingerprint density at radius 1 is 1.36 bits per heavy atom. The van der Waals surface area contributed by atoms with Crippen molar-refractivity contribution in [2.24, 2.45) is 0 Å². The van der Waals surface area contributed by atoms with Gasteiger partial charge in [0.25, 0.3) is 5.91 Å². The minimum atomic E-state index is -0.486. The average molecular weight is 380 g/mol. The van der Waals surface area contributed by atoms with E-state index in [1.807, 2.05) is 0 Å². The standard InChI is InChI=1S/C14H12N4O5S2/c1-2-21-11(19)7-24-14-17-16-13(25-14)15-12(20)8-6-10(23-18-8)9-4-3-5-22-9/h3-6H,2,7H2,1H3,(H,15,16,20). The zero-order valence-electron chi connectivity index (χ0n) is 12.9. The number of nitrogens with one attached hydrogen (secondary N) is 1. The van der Waals surface area contributed by atoms with Gasteiger partial charge in [0, 0.05) is 6.07 Å². The molecule has 0 unspecified atom stereocenters. The Balaban J connectivity index is 1.57. The highest BCUT2D eigenvalue weighted by Gasteiger charge is 2.17. The number of carbonyl (C=O) groups is 2. The van der Waals surface area contributed by atoms with Crippen molar-refractivity contribution in [2.75, 3.05) is 17.7 Å². The van der Waals surface area contributed by atoms with Gasteiger partial charge in [-0.05, 0) is 19.1 Å². The van der Waals surface area contributed by atoms with Crippen molar-refractivity contribution in [1.29, 1.82) is 0 Å². The van der Waals surface area contributed by atoms with Crippen molar-refractivity contribution >= 4 is 40.1 Å². The van der Waals surface area contributed by atoms with E-state index in [9.17, 15) is 9.59 Å². The number of anilines is 1. The van der Waals surface area contributed by atoms with Crippen LogP contribution in [0, 0.1) is 0 Å². The highest BCUT2D eigenvalue weighted by molar-refractivity contribution is 8.01. The number of rotatable bonds is 7. The van der Waals surface area contributed by atoms with Crippen LogP contribution in [0.25, 0.3) is 11.5 Å². The Hall–Kier alpha value is -2.66. The molecule has 25 heavy (non-hydrogen) atoms. The molecule has 0 spiro atoms. The molecule has 0 aliphatic heterocycles. The summed E-state index contributed by atoms with van der Waals surface area (Å²) in [7, 11) is 0. The second-order valence-corrected chi connectivity index (χ2v) is 6.67. The molecule has 130 valence electrons. The second kappa shape index (κ2) is 7.94. The number of carbonyl (C=O) groups excluding carboxylic acids is 2. The van der Waals surface area contributed by atoms with Gasteiger partial charge in [0.2, 0.25) is 10.9 Å². The van der Waals surface area contributed by atoms with E-state index in [0.29, 0.717) is 27.6 Å². The number of nitrogens with zero attached hydrogens (tertiary/aromatic N) is 3. The zero-order chi connectivity index (χ0) is 17.6. The summed E-state index contributed by atoms with van der Waals surface area (Å²) in [5.74, 6) is 0.130. The molecule has 0 atom stereocenters. The normalized spacial score (nSPS) is 10.6. The molecule has 0 fully saturated rings. The predicted molar refractivity (Wildman–Crippen MR) is 89.4 cm³/mol. The van der Waals surface area contributed by atoms with Crippen LogP contribution >= 0.6 is 23.1 Å². The lowest BCUT2D eigenvalue weighted by atomic mass is 10.3. The van der Waals surface area contributed by atoms with E-state index < -0.39 is 5.91 Å². The maximum absolute atomic E-state index is 12.2. The summed E-state index contributed by atoms with van der Waals surface area (Å²) in [6.07, 6.45) is 1.49. The maximum atomic E-state index is 12.2. The third-order valence-electron chi connectivity index (χ3n) is 2.75. The van der Waals surface area contributed by atoms with Gasteiger partial charge < -0.3 is 13.7 Å². The third-order valence-corrected chi connectivity index (χ3v) is 4.70. The van der Waals surface area contributed by atoms with Crippen LogP contribution in [-0.2, 0) is 9.53 Å². The molecule has 0 saturated carbocycles. The van der Waals surface area contributed by atoms with E-state index in [-0.39, 0.29) is 17.4 Å². The van der Waals surface area contributed by atoms with E-state index in [2.05, 4.69) is 20.7 Å². The smallest absolute Gasteiger partial charge is 0.316 e. The van der Waals surface area contributed by atoms with E-state index >= 15 is 0 Å². The molecular weight excluding hydrogens is 368 g/mol. The largest absolute Gasteiger partial charge is 0.465 e. The number of amides is 1. The first-order chi connectivity index (χ1) is 12.2. The Bertz CT molecular complexity index is 858. The Kier molecular flexibility index (Phi) is 5.46. The second-order valence-electron chi connectivity index (χ2n) is 4.47. The summed E-state index contributed by atoms with van der Waals surface area (Å²) in [6.45, 7) is 2.07. The van der Waals surface area contributed by atoms with Gasteiger partial charge in [-0.3, -0.25) is 14.9 Å². The van der Waals surface area contributed by atoms with Crippen molar-refractivity contribution < 1.29 is 23.3 Å². The van der Waals surface area contributed by atoms with Gasteiger partial charge in [0.15, 0.2) is 15.8 Å². The molecular formula is C14H12N4O5S2. The molecule has 0 saturated heterocycles. The van der Waals surface area contributed by atoms with Crippen molar-refractivity contribution in [3.8, 4) is 11.5 Å². The summed E-state index contributed by atoms with van der Waals surface area (Å²) >= 11 is 2.33. The first-order valence-corrected chi connectivity index (χ1v) is 8.89. The Labute approximate surface area is 149 Å². The SMILES string of the molecule is CCOC(=O)CSc1nnc(NC(=O)c2cc(-c3ccco3)on2)s1. The molecule has 3 aromatic rings. The summed E-state index contributed by atoms with van der Waals surface area (Å²) in [4.78, 5) is 23.5. The molecule has 1 amide bonds. The average Bonchev–Trinajstić information content (AvgIpc) is 3.33. The van der Waals surface area contributed by atoms with Crippen molar-refractivity contribution in [1.82, 2.24) is 15.4 Å². The fraction of sp³-hybridized carbons (Fsp3) is 0.214. The number of aromatic nitrogens is 3. The Morgan fingerprint density at radius 3 is 3.00 bits per heavy atom. The number of hydrogen-bond donors (Lipinski definition) is 1. The molecule has 0 radical (unpaired) electrons. The fourth-order valence-corrected chi connectivity index (χ4v) is 3.27. The van der Waals surface area contributed by atoms with Gasteiger partial charge in [-0.25, -0.2) is 0 Å². The highest BCUT2D eigenvalue weighted by Crippen LogP contribution is 2.26. The van der Waals surface area contributed by atoms with Gasteiger partial charge in [0.05, 0.1) is 18.6 Å². The summed E-state index contributed by atoms with van der Waals surface area (Å²) in [5.41, 5.74) is 0.0855. The molecule has 0 bridgehead atoms. The van der Waals surface area contributed by atoms with Gasteiger partial charge in [-0.15, -0.1) is 10.2 Å². The van der Waals surface area contributed by atoms with Gasteiger partial charge in [-0.2, -0.15) is 0 Å². The summed E-state index contributed by atoms with van der Waals surface area (Å²) in [5, 5.41) is 14.3. The summed E-state index contributed by atoms with van der Waals surface area (Å²) < 4.78 is 15.6. The molecule has 3 rings (SSSR count). The topological polar surface area (TPSA) is 120 Å². The third kappa shape index (κ3) is 4.45. The molecule has 9 nitrogen and oxygen atoms in total. The van der Waals surface area contributed by atoms with Crippen molar-refractivity contribution in [3.63, 3.8) is 0 Å². The van der Waals surface area contributed by atoms with Gasteiger partial charge >= 0.3 is 5.97 Å². The zero-order valence-corrected chi connectivity index (χ0v) is 14.6. The number of ether oxygens (including phenoxy) is 1. The molecule has 3 heterocycles. The lowest BCUT2D eigenvalue weighted by Crippen LogP contribution is -2.11. The van der Waals surface area contributed by atoms with Crippen LogP contribution in [0.3, 0.4) is 0 Å². The molecule has 0 aliphatic carbocycles. The lowest BCUT2D eigenvalue weighted by molar-refractivity contribution is -0.139. The number of thioether (sulfide) groups is 1. The van der Waals surface area contributed by atoms with E-state index in [4.69, 9.17) is 13.7 Å². The predicted octanol–water partition coefficient (Wildman–Crippen LogP) is 2.69. The number of hydrogen-bond acceptors (Lipinski definition) is 10. The quantitative estimate of drug-likeness (QED) is 0.374. The van der Waals surface area contributed by atoms with Crippen LogP contribution in [0.5, 0.6) is 0 Å². The first kappa shape index (κ1) is 17.2. The maximum Gasteiger partial charge on any atom is 0.316 e. The van der Waals surface area contributed by atoms with E-state index in [0.717, 1.165) is 11.3 Å². The van der Waals surface area contributed by atoms with Crippen LogP contribution in [0.1, 0.15) is 17.4 Å². The molecule has 3 aromatic heterocycles. The van der Waals surface area contributed by atoms with Gasteiger partial charge in [-0.1, -0.05) is 28.3 Å². The minimum Gasteiger partial charge on any atom is -0.465 e. The Morgan fingerprint density at radius 2 is 2.24 bits per heavy atom. The van der Waals surface area contributed by atoms with E-state index in [1.165, 1.54) is 24.1 Å². The van der Waals surface area contributed by atoms with Crippen molar-refractivity contribution in [3.05, 3.63) is 30.2 Å². The van der Waals surface area contributed by atoms with Crippen LogP contribution < -0.4 is 5.32 Å². The van der Waals surface area contributed by atoms with Gasteiger partial charge in [0.1, 0.15) is 0 Å². The van der Waals surface area contributed by atoms with Crippen LogP contribution in [-0.4, -0.2) is 39.6 Å². The molecule has 0 aliphatic rings. The molecule has 1 N–H and O–H groups in total. The number of furan rings is 1. The van der Waals surface area contributed by atoms with E-state index in [1.54, 1.807) is 19.1 Å². The molecule has 11 heteroatoms. The minimum absolute atomic E-state index is 0.0855. The summed E-state index contributed by atoms with van der Waals surface area (Å²) in [6, 6.07) is 4.86. The van der Waals surface area contributed by atoms with Crippen LogP contribution in [0.4, 0.5) is 5.13 Å². The first-order valence-electron chi connectivity index (χ1n) is 7.09. The number of esters is 1. The van der Waals surface area contributed by atoms with Crippen molar-refractivity contribution in [2.45, 2.75) is 11.3 Å². The highest BCUT2D eigenvalue weighted by atomic mass is 32.2. The fourth-order valence-electron chi connectivity index (χ4n) is 1.72. The monoisotopic (exact) mass is 380 g/mol. The van der Waals surface area contributed by atoms with Crippen LogP contribution in [0.15, 0.2) is 37.7 Å².